The zero-order valence-electron chi connectivity index (χ0n) is 9.10. The van der Waals surface area contributed by atoms with E-state index >= 15 is 0 Å². The second kappa shape index (κ2) is 9.50. The minimum atomic E-state index is -1.00. The Kier molecular flexibility index (Phi) is 9.82. The number of hydrogen-bond acceptors (Lipinski definition) is 2. The van der Waals surface area contributed by atoms with Crippen LogP contribution in [0.2, 0.25) is 0 Å². The first kappa shape index (κ1) is 17.6. The van der Waals surface area contributed by atoms with Crippen molar-refractivity contribution in [3.63, 3.8) is 0 Å². The van der Waals surface area contributed by atoms with E-state index < -0.39 is 11.3 Å². The van der Waals surface area contributed by atoms with Crippen molar-refractivity contribution < 1.29 is 14.6 Å². The second-order valence-corrected chi connectivity index (χ2v) is 4.18. The van der Waals surface area contributed by atoms with Crippen molar-refractivity contribution in [3.8, 4) is 0 Å². The van der Waals surface area contributed by atoms with Gasteiger partial charge in [-0.25, -0.2) is 0 Å². The monoisotopic (exact) mass is 282 g/mol. The molecule has 5 heteroatoms. The molecule has 0 fully saturated rings. The Morgan fingerprint density at radius 1 is 1.41 bits per heavy atom. The van der Waals surface area contributed by atoms with Crippen LogP contribution in [0.15, 0.2) is 30.3 Å². The number of carboxylic acid groups (broad SMARTS) is 1. The third-order valence-corrected chi connectivity index (χ3v) is 2.55. The molecule has 17 heavy (non-hydrogen) atoms. The number of rotatable bonds is 6. The first-order valence-corrected chi connectivity index (χ1v) is 5.55. The normalized spacial score (nSPS) is 13.5. The third kappa shape index (κ3) is 7.57. The van der Waals surface area contributed by atoms with Crippen LogP contribution in [-0.2, 0) is 16.1 Å². The Morgan fingerprint density at radius 3 is 2.53 bits per heavy atom. The van der Waals surface area contributed by atoms with Crippen LogP contribution in [0.25, 0.3) is 0 Å². The first-order chi connectivity index (χ1) is 7.59. The number of benzene rings is 1. The standard InChI is InChI=1S/C12H15ClO3.K.H/c1-9(7-11(13)12(14)15)16-8-10-5-3-2-4-6-10;;/h2-6,9,11H,7-8H2,1H3,(H,14,15);;. The van der Waals surface area contributed by atoms with Gasteiger partial charge in [-0.2, -0.15) is 0 Å². The van der Waals surface area contributed by atoms with Gasteiger partial charge in [0.2, 0.25) is 0 Å². The zero-order chi connectivity index (χ0) is 12.0. The molecule has 0 aromatic heterocycles. The van der Waals surface area contributed by atoms with Crippen molar-refractivity contribution in [2.75, 3.05) is 0 Å². The van der Waals surface area contributed by atoms with E-state index in [1.807, 2.05) is 37.3 Å². The van der Waals surface area contributed by atoms with Gasteiger partial charge in [0, 0.05) is 6.42 Å². The number of carbonyl (C=O) groups is 1. The fourth-order valence-electron chi connectivity index (χ4n) is 1.27. The Balaban J connectivity index is 0.00000256. The maximum absolute atomic E-state index is 10.5. The maximum atomic E-state index is 10.5. The van der Waals surface area contributed by atoms with E-state index in [1.165, 1.54) is 0 Å². The Morgan fingerprint density at radius 2 is 2.00 bits per heavy atom. The molecule has 0 spiro atoms. The summed E-state index contributed by atoms with van der Waals surface area (Å²) in [7, 11) is 0. The summed E-state index contributed by atoms with van der Waals surface area (Å²) < 4.78 is 5.50. The predicted molar refractivity (Wildman–Crippen MR) is 69.7 cm³/mol. The summed E-state index contributed by atoms with van der Waals surface area (Å²) in [5.41, 5.74) is 1.07. The molecule has 1 rings (SSSR count). The number of alkyl halides is 1. The topological polar surface area (TPSA) is 46.5 Å². The van der Waals surface area contributed by atoms with Crippen LogP contribution in [0.1, 0.15) is 18.9 Å². The average Bonchev–Trinajstić information content (AvgIpc) is 2.27. The first-order valence-electron chi connectivity index (χ1n) is 5.12. The minimum absolute atomic E-state index is 0. The average molecular weight is 283 g/mol. The van der Waals surface area contributed by atoms with Crippen LogP contribution in [-0.4, -0.2) is 73.9 Å². The zero-order valence-corrected chi connectivity index (χ0v) is 9.85. The molecule has 2 atom stereocenters. The van der Waals surface area contributed by atoms with Crippen molar-refractivity contribution in [1.29, 1.82) is 0 Å². The van der Waals surface area contributed by atoms with E-state index in [1.54, 1.807) is 0 Å². The molecule has 0 saturated carbocycles. The van der Waals surface area contributed by atoms with Gasteiger partial charge in [-0.1, -0.05) is 30.3 Å². The van der Waals surface area contributed by atoms with Crippen LogP contribution in [0.5, 0.6) is 0 Å². The molecule has 0 aliphatic rings. The summed E-state index contributed by atoms with van der Waals surface area (Å²) in [4.78, 5) is 10.5. The number of ether oxygens (including phenoxy) is 1. The summed E-state index contributed by atoms with van der Waals surface area (Å²) in [5, 5.41) is 7.75. The molecule has 2 unspecified atom stereocenters. The summed E-state index contributed by atoms with van der Waals surface area (Å²) in [6.07, 6.45) is 0.141. The van der Waals surface area contributed by atoms with Crippen LogP contribution >= 0.6 is 11.6 Å². The molecule has 0 aliphatic heterocycles. The molecule has 1 N–H and O–H groups in total. The van der Waals surface area contributed by atoms with Crippen LogP contribution in [0.3, 0.4) is 0 Å². The molecule has 0 amide bonds. The van der Waals surface area contributed by atoms with Gasteiger partial charge in [-0.15, -0.1) is 11.6 Å². The molecule has 90 valence electrons. The fraction of sp³-hybridized carbons (Fsp3) is 0.417. The molecular formula is C12H16ClKO3. The fourth-order valence-corrected chi connectivity index (χ4v) is 1.52. The Labute approximate surface area is 149 Å². The van der Waals surface area contributed by atoms with Crippen molar-refractivity contribution in [3.05, 3.63) is 35.9 Å². The SMILES string of the molecule is CC(CC(Cl)C(=O)O)OCc1ccccc1.[KH]. The van der Waals surface area contributed by atoms with Gasteiger partial charge in [0.25, 0.3) is 0 Å². The molecule has 0 heterocycles. The number of hydrogen-bond donors (Lipinski definition) is 1. The van der Waals surface area contributed by atoms with Gasteiger partial charge in [0.05, 0.1) is 12.7 Å². The van der Waals surface area contributed by atoms with Gasteiger partial charge in [-0.3, -0.25) is 4.79 Å². The quantitative estimate of drug-likeness (QED) is 0.641. The van der Waals surface area contributed by atoms with E-state index in [2.05, 4.69) is 0 Å². The van der Waals surface area contributed by atoms with Gasteiger partial charge in [-0.05, 0) is 12.5 Å². The van der Waals surface area contributed by atoms with E-state index in [4.69, 9.17) is 21.4 Å². The molecule has 1 aromatic carbocycles. The van der Waals surface area contributed by atoms with Crippen LogP contribution in [0, 0.1) is 0 Å². The Bertz CT molecular complexity index is 332. The number of carboxylic acids is 1. The van der Waals surface area contributed by atoms with E-state index in [9.17, 15) is 4.79 Å². The molecule has 1 aromatic rings. The molecular weight excluding hydrogens is 267 g/mol. The number of halogens is 1. The summed E-state index contributed by atoms with van der Waals surface area (Å²) in [6.45, 7) is 2.30. The summed E-state index contributed by atoms with van der Waals surface area (Å²) in [6, 6.07) is 9.73. The van der Waals surface area contributed by atoms with E-state index in [-0.39, 0.29) is 57.5 Å². The van der Waals surface area contributed by atoms with Crippen molar-refractivity contribution in [2.45, 2.75) is 31.4 Å². The van der Waals surface area contributed by atoms with Gasteiger partial charge >= 0.3 is 57.4 Å². The van der Waals surface area contributed by atoms with Gasteiger partial charge < -0.3 is 9.84 Å². The van der Waals surface area contributed by atoms with Crippen molar-refractivity contribution in [1.82, 2.24) is 0 Å². The number of aliphatic carboxylic acids is 1. The van der Waals surface area contributed by atoms with Crippen LogP contribution in [0.4, 0.5) is 0 Å². The third-order valence-electron chi connectivity index (χ3n) is 2.18. The van der Waals surface area contributed by atoms with E-state index in [0.717, 1.165) is 5.56 Å². The molecule has 0 bridgehead atoms. The van der Waals surface area contributed by atoms with Crippen LogP contribution < -0.4 is 0 Å². The predicted octanol–water partition coefficient (Wildman–Crippen LogP) is 2.03. The Hall–Kier alpha value is 0.576. The molecule has 0 saturated heterocycles. The van der Waals surface area contributed by atoms with Gasteiger partial charge in [0.1, 0.15) is 5.38 Å². The summed E-state index contributed by atoms with van der Waals surface area (Å²) >= 11 is 5.61. The molecule has 3 nitrogen and oxygen atoms in total. The molecule has 0 radical (unpaired) electrons. The molecule has 0 aliphatic carbocycles. The van der Waals surface area contributed by atoms with Crippen molar-refractivity contribution in [2.24, 2.45) is 0 Å². The van der Waals surface area contributed by atoms with Gasteiger partial charge in [0.15, 0.2) is 0 Å². The van der Waals surface area contributed by atoms with Crippen molar-refractivity contribution >= 4 is 69.0 Å². The second-order valence-electron chi connectivity index (χ2n) is 3.65. The van der Waals surface area contributed by atoms with E-state index in [0.29, 0.717) is 13.0 Å². The summed E-state index contributed by atoms with van der Waals surface area (Å²) in [5.74, 6) is -1.00.